The molecule has 3 N–H and O–H groups in total. The summed E-state index contributed by atoms with van der Waals surface area (Å²) in [7, 11) is 0. The lowest BCUT2D eigenvalue weighted by molar-refractivity contribution is -0.120. The van der Waals surface area contributed by atoms with Crippen LogP contribution in [0.4, 0.5) is 4.79 Å². The third-order valence-corrected chi connectivity index (χ3v) is 4.83. The van der Waals surface area contributed by atoms with Crippen LogP contribution in [-0.2, 0) is 4.79 Å². The van der Waals surface area contributed by atoms with E-state index < -0.39 is 17.2 Å². The fraction of sp³-hybridized carbons (Fsp3) is 0.267. The Morgan fingerprint density at radius 3 is 2.52 bits per heavy atom. The summed E-state index contributed by atoms with van der Waals surface area (Å²) in [5.41, 5.74) is 5.91. The molecule has 1 aromatic heterocycles. The van der Waals surface area contributed by atoms with Crippen molar-refractivity contribution >= 4 is 35.3 Å². The summed E-state index contributed by atoms with van der Waals surface area (Å²) in [6.07, 6.45) is 3.45. The number of aromatic nitrogens is 2. The molecule has 0 radical (unpaired) electrons. The molecule has 1 heterocycles. The van der Waals surface area contributed by atoms with Gasteiger partial charge in [-0.05, 0) is 30.2 Å². The highest BCUT2D eigenvalue weighted by Gasteiger charge is 2.26. The number of urea groups is 1. The van der Waals surface area contributed by atoms with Gasteiger partial charge in [-0.2, -0.15) is 0 Å². The molecule has 0 aliphatic carbocycles. The monoisotopic (exact) mass is 352 g/mol. The summed E-state index contributed by atoms with van der Waals surface area (Å²) in [5.74, 6) is -0.433. The minimum Gasteiger partial charge on any atom is -0.351 e. The van der Waals surface area contributed by atoms with Gasteiger partial charge in [0, 0.05) is 23.1 Å². The van der Waals surface area contributed by atoms with Gasteiger partial charge in [-0.15, -0.1) is 0 Å². The minimum absolute atomic E-state index is 0.00489. The molecule has 3 amide bonds. The molecule has 0 aliphatic rings. The Labute approximate surface area is 143 Å². The zero-order chi connectivity index (χ0) is 17.0. The largest absolute Gasteiger partial charge is 0.351 e. The molecule has 0 fully saturated rings. The van der Waals surface area contributed by atoms with Crippen LogP contribution in [0.15, 0.2) is 41.8 Å². The van der Waals surface area contributed by atoms with E-state index in [1.54, 1.807) is 24.5 Å². The average Bonchev–Trinajstić information content (AvgIpc) is 2.92. The second-order valence-corrected chi connectivity index (χ2v) is 6.74. The molecule has 23 heavy (non-hydrogen) atoms. The predicted octanol–water partition coefficient (Wildman–Crippen LogP) is 2.84. The maximum absolute atomic E-state index is 12.1. The molecule has 2 rings (SSSR count). The van der Waals surface area contributed by atoms with Crippen LogP contribution in [0.3, 0.4) is 0 Å². The third kappa shape index (κ3) is 4.49. The highest BCUT2D eigenvalue weighted by atomic mass is 35.5. The van der Waals surface area contributed by atoms with E-state index >= 15 is 0 Å². The van der Waals surface area contributed by atoms with Crippen molar-refractivity contribution in [1.82, 2.24) is 14.9 Å². The summed E-state index contributed by atoms with van der Waals surface area (Å²) < 4.78 is 1.86. The van der Waals surface area contributed by atoms with Crippen LogP contribution >= 0.6 is 23.4 Å². The lowest BCUT2D eigenvalue weighted by atomic mass is 10.1. The minimum atomic E-state index is -0.859. The van der Waals surface area contributed by atoms with Gasteiger partial charge in [0.15, 0.2) is 5.16 Å². The lowest BCUT2D eigenvalue weighted by Gasteiger charge is -2.19. The maximum atomic E-state index is 12.1. The summed E-state index contributed by atoms with van der Waals surface area (Å²) in [5, 5.41) is 2.92. The van der Waals surface area contributed by atoms with Crippen LogP contribution in [0.1, 0.15) is 13.8 Å². The Bertz CT molecular complexity index is 700. The molecule has 1 aromatic carbocycles. The molecule has 6 nitrogen and oxygen atoms in total. The molecule has 0 spiro atoms. The summed E-state index contributed by atoms with van der Waals surface area (Å²) >= 11 is 7.18. The van der Waals surface area contributed by atoms with E-state index in [-0.39, 0.29) is 5.92 Å². The Balaban J connectivity index is 2.25. The second kappa shape index (κ2) is 7.52. The third-order valence-electron chi connectivity index (χ3n) is 3.05. The summed E-state index contributed by atoms with van der Waals surface area (Å²) in [4.78, 5) is 27.3. The second-order valence-electron chi connectivity index (χ2n) is 5.19. The molecule has 8 heteroatoms. The smallest absolute Gasteiger partial charge is 0.318 e. The molecule has 1 unspecified atom stereocenters. The van der Waals surface area contributed by atoms with Crippen molar-refractivity contribution in [2.75, 3.05) is 0 Å². The van der Waals surface area contributed by atoms with Crippen LogP contribution in [0, 0.1) is 5.92 Å². The average molecular weight is 353 g/mol. The number of nitrogens with zero attached hydrogens (tertiary/aromatic N) is 2. The van der Waals surface area contributed by atoms with Gasteiger partial charge >= 0.3 is 6.03 Å². The highest BCUT2D eigenvalue weighted by molar-refractivity contribution is 8.00. The van der Waals surface area contributed by atoms with Gasteiger partial charge in [-0.25, -0.2) is 9.78 Å². The van der Waals surface area contributed by atoms with Crippen LogP contribution in [0.25, 0.3) is 5.69 Å². The zero-order valence-electron chi connectivity index (χ0n) is 12.7. The summed E-state index contributed by atoms with van der Waals surface area (Å²) in [6.45, 7) is 3.79. The van der Waals surface area contributed by atoms with Crippen molar-refractivity contribution in [3.8, 4) is 5.69 Å². The van der Waals surface area contributed by atoms with Crippen LogP contribution in [0.5, 0.6) is 0 Å². The van der Waals surface area contributed by atoms with E-state index in [9.17, 15) is 9.59 Å². The molecule has 0 saturated heterocycles. The van der Waals surface area contributed by atoms with Crippen molar-refractivity contribution < 1.29 is 9.59 Å². The number of imide groups is 1. The van der Waals surface area contributed by atoms with Crippen LogP contribution in [0.2, 0.25) is 5.02 Å². The number of hydrogen-bond acceptors (Lipinski definition) is 4. The lowest BCUT2D eigenvalue weighted by Crippen LogP contribution is -2.42. The number of nitrogens with one attached hydrogen (secondary N) is 1. The van der Waals surface area contributed by atoms with Gasteiger partial charge in [0.1, 0.15) is 0 Å². The number of halogens is 1. The standard InChI is InChI=1S/C15H17ClN4O2S/c1-9(2)12(13(21)19-14(17)22)23-15-18-7-8-20(15)11-5-3-10(16)4-6-11/h3-9,12H,1-2H3,(H3,17,19,21,22). The first-order chi connectivity index (χ1) is 10.9. The molecule has 2 aromatic rings. The molecule has 0 saturated carbocycles. The number of primary amides is 1. The Hall–Kier alpha value is -1.99. The number of thioether (sulfide) groups is 1. The van der Waals surface area contributed by atoms with Crippen molar-refractivity contribution in [2.24, 2.45) is 11.7 Å². The van der Waals surface area contributed by atoms with Crippen molar-refractivity contribution in [2.45, 2.75) is 24.3 Å². The fourth-order valence-electron chi connectivity index (χ4n) is 1.97. The number of imidazole rings is 1. The van der Waals surface area contributed by atoms with E-state index in [4.69, 9.17) is 17.3 Å². The van der Waals surface area contributed by atoms with Gasteiger partial charge in [0.25, 0.3) is 0 Å². The van der Waals surface area contributed by atoms with Gasteiger partial charge in [-0.3, -0.25) is 14.7 Å². The van der Waals surface area contributed by atoms with E-state index in [1.165, 1.54) is 11.8 Å². The quantitative estimate of drug-likeness (QED) is 0.809. The number of carbonyl (C=O) groups is 2. The fourth-order valence-corrected chi connectivity index (χ4v) is 3.17. The van der Waals surface area contributed by atoms with Crippen LogP contribution < -0.4 is 11.1 Å². The first-order valence-corrected chi connectivity index (χ1v) is 8.20. The summed E-state index contributed by atoms with van der Waals surface area (Å²) in [6, 6.07) is 6.43. The number of rotatable bonds is 5. The van der Waals surface area contributed by atoms with Gasteiger partial charge in [0.05, 0.1) is 5.25 Å². The molecular weight excluding hydrogens is 336 g/mol. The van der Waals surface area contributed by atoms with Crippen molar-refractivity contribution in [3.63, 3.8) is 0 Å². The topological polar surface area (TPSA) is 90.0 Å². The number of nitrogens with two attached hydrogens (primary N) is 1. The van der Waals surface area contributed by atoms with Gasteiger partial charge in [-0.1, -0.05) is 37.2 Å². The SMILES string of the molecule is CC(C)C(Sc1nccn1-c1ccc(Cl)cc1)C(=O)NC(N)=O. The maximum Gasteiger partial charge on any atom is 0.318 e. The van der Waals surface area contributed by atoms with Crippen LogP contribution in [-0.4, -0.2) is 26.7 Å². The molecular formula is C15H17ClN4O2S. The number of amides is 3. The number of carbonyl (C=O) groups excluding carboxylic acids is 2. The van der Waals surface area contributed by atoms with Gasteiger partial charge < -0.3 is 5.73 Å². The first kappa shape index (κ1) is 17.4. The van der Waals surface area contributed by atoms with Crippen molar-refractivity contribution in [3.05, 3.63) is 41.7 Å². The van der Waals surface area contributed by atoms with Crippen molar-refractivity contribution in [1.29, 1.82) is 0 Å². The first-order valence-electron chi connectivity index (χ1n) is 6.94. The number of hydrogen-bond donors (Lipinski definition) is 2. The molecule has 1 atom stereocenters. The van der Waals surface area contributed by atoms with E-state index in [1.807, 2.05) is 30.5 Å². The zero-order valence-corrected chi connectivity index (χ0v) is 14.3. The predicted molar refractivity (Wildman–Crippen MR) is 90.8 cm³/mol. The highest BCUT2D eigenvalue weighted by Crippen LogP contribution is 2.29. The number of benzene rings is 1. The molecule has 122 valence electrons. The Morgan fingerprint density at radius 1 is 1.30 bits per heavy atom. The van der Waals surface area contributed by atoms with E-state index in [0.29, 0.717) is 10.2 Å². The Kier molecular flexibility index (Phi) is 5.68. The Morgan fingerprint density at radius 2 is 1.96 bits per heavy atom. The molecule has 0 aliphatic heterocycles. The van der Waals surface area contributed by atoms with Gasteiger partial charge in [0.2, 0.25) is 5.91 Å². The van der Waals surface area contributed by atoms with E-state index in [2.05, 4.69) is 10.3 Å². The molecule has 0 bridgehead atoms. The van der Waals surface area contributed by atoms with E-state index in [0.717, 1.165) is 5.69 Å². The normalized spacial score (nSPS) is 12.2.